The van der Waals surface area contributed by atoms with Crippen LogP contribution in [0, 0.1) is 5.92 Å². The van der Waals surface area contributed by atoms with Gasteiger partial charge in [0.25, 0.3) is 5.91 Å². The second-order valence-corrected chi connectivity index (χ2v) is 14.0. The molecule has 2 fully saturated rings. The van der Waals surface area contributed by atoms with E-state index in [2.05, 4.69) is 27.4 Å². The predicted octanol–water partition coefficient (Wildman–Crippen LogP) is 6.10. The molecule has 5 aromatic rings. The minimum absolute atomic E-state index is 0.00672. The predicted molar refractivity (Wildman–Crippen MR) is 196 cm³/mol. The number of aliphatic hydroxyl groups is 1. The summed E-state index contributed by atoms with van der Waals surface area (Å²) in [5.41, 5.74) is 6.03. The Labute approximate surface area is 310 Å². The van der Waals surface area contributed by atoms with Crippen molar-refractivity contribution in [3.05, 3.63) is 137 Å². The third-order valence-corrected chi connectivity index (χ3v) is 10.4. The minimum atomic E-state index is -0.988. The number of carbonyl (C=O) groups excluding carboxylic acids is 3. The minimum Gasteiger partial charge on any atom is -0.445 e. The summed E-state index contributed by atoms with van der Waals surface area (Å²) in [7, 11) is 0. The number of imide groups is 1. The van der Waals surface area contributed by atoms with Crippen molar-refractivity contribution in [1.82, 2.24) is 25.4 Å². The van der Waals surface area contributed by atoms with Crippen molar-refractivity contribution < 1.29 is 33.7 Å². The van der Waals surface area contributed by atoms with Crippen LogP contribution >= 0.6 is 11.8 Å². The molecule has 53 heavy (non-hydrogen) atoms. The number of nitrogens with one attached hydrogen (secondary N) is 2. The fraction of sp³-hybridized carbons (Fsp3) is 0.275. The van der Waals surface area contributed by atoms with Gasteiger partial charge in [-0.25, -0.2) is 9.78 Å². The molecule has 3 N–H and O–H groups in total. The number of aromatic amines is 1. The number of rotatable bonds is 12. The Morgan fingerprint density at radius 3 is 2.43 bits per heavy atom. The fourth-order valence-corrected chi connectivity index (χ4v) is 7.44. The molecule has 0 radical (unpaired) electrons. The topological polar surface area (TPSA) is 156 Å². The molecule has 4 aromatic carbocycles. The van der Waals surface area contributed by atoms with Crippen LogP contribution in [0.2, 0.25) is 0 Å². The average molecular weight is 734 g/mol. The van der Waals surface area contributed by atoms with Gasteiger partial charge >= 0.3 is 6.09 Å². The molecule has 3 amide bonds. The summed E-state index contributed by atoms with van der Waals surface area (Å²) in [5, 5.41) is 19.7. The summed E-state index contributed by atoms with van der Waals surface area (Å²) in [6.45, 7) is 2.20. The van der Waals surface area contributed by atoms with Crippen LogP contribution < -0.4 is 5.32 Å². The molecule has 1 aromatic heterocycles. The molecular formula is C40H39N5O7S. The first-order chi connectivity index (χ1) is 25.8. The lowest BCUT2D eigenvalue weighted by atomic mass is 9.91. The van der Waals surface area contributed by atoms with Crippen LogP contribution in [0.1, 0.15) is 53.6 Å². The summed E-state index contributed by atoms with van der Waals surface area (Å²) in [6, 6.07) is 31.6. The highest BCUT2D eigenvalue weighted by atomic mass is 32.2. The van der Waals surface area contributed by atoms with Crippen LogP contribution in [0.5, 0.6) is 0 Å². The number of likely N-dealkylation sites (tertiary alicyclic amines) is 1. The van der Waals surface area contributed by atoms with Crippen LogP contribution in [0.25, 0.3) is 11.1 Å². The van der Waals surface area contributed by atoms with Gasteiger partial charge < -0.3 is 24.6 Å². The lowest BCUT2D eigenvalue weighted by Gasteiger charge is -2.41. The maximum absolute atomic E-state index is 13.2. The maximum Gasteiger partial charge on any atom is 0.408 e. The van der Waals surface area contributed by atoms with Crippen LogP contribution in [0.4, 0.5) is 4.79 Å². The number of carbonyl (C=O) groups is 3. The fourth-order valence-electron chi connectivity index (χ4n) is 6.50. The Balaban J connectivity index is 1.04. The zero-order valence-corrected chi connectivity index (χ0v) is 29.8. The number of thioether (sulfide) groups is 1. The van der Waals surface area contributed by atoms with Gasteiger partial charge in [-0.1, -0.05) is 110 Å². The summed E-state index contributed by atoms with van der Waals surface area (Å²) < 4.78 is 18.5. The number of alkyl carbamates (subject to hydrolysis) is 1. The highest BCUT2D eigenvalue weighted by Crippen LogP contribution is 2.43. The number of H-pyrrole nitrogens is 1. The van der Waals surface area contributed by atoms with E-state index in [-0.39, 0.29) is 50.2 Å². The third kappa shape index (κ3) is 8.66. The lowest BCUT2D eigenvalue weighted by molar-refractivity contribution is -0.268. The number of aliphatic hydroxyl groups excluding tert-OH is 1. The normalized spacial score (nSPS) is 21.5. The van der Waals surface area contributed by atoms with E-state index in [4.69, 9.17) is 14.2 Å². The van der Waals surface area contributed by atoms with Crippen LogP contribution in [-0.4, -0.2) is 61.0 Å². The van der Waals surface area contributed by atoms with Crippen molar-refractivity contribution in [2.45, 2.75) is 62.8 Å². The standard InChI is InChI=1S/C40H39N5O7S/c1-25-34(23-53-39-41-24-42-44-39)51-38(52-36(25)29-15-13-26(21-46)14-16-29)32-12-6-11-31(18-32)30-10-5-9-28(17-30)20-45-35(47)19-33(37(45)48)43-40(49)50-22-27-7-3-2-4-8-27/h2-18,24-25,33-34,36,38,46H,19-23H2,1H3,(H,43,49)(H,41,42,44). The lowest BCUT2D eigenvalue weighted by Crippen LogP contribution is -2.41. The molecular weight excluding hydrogens is 695 g/mol. The molecule has 0 saturated carbocycles. The second-order valence-electron chi connectivity index (χ2n) is 13.0. The highest BCUT2D eigenvalue weighted by molar-refractivity contribution is 7.99. The molecule has 3 heterocycles. The van der Waals surface area contributed by atoms with Gasteiger partial charge in [0.1, 0.15) is 19.0 Å². The SMILES string of the molecule is CC1C(CSc2ncn[nH]2)OC(c2cccc(-c3cccc(CN4C(=O)CC(NC(=O)OCc5ccccc5)C4=O)c3)c2)OC1c1ccc(CO)cc1. The summed E-state index contributed by atoms with van der Waals surface area (Å²) in [4.78, 5) is 44.0. The van der Waals surface area contributed by atoms with Crippen LogP contribution in [-0.2, 0) is 43.6 Å². The average Bonchev–Trinajstić information content (AvgIpc) is 3.81. The van der Waals surface area contributed by atoms with E-state index < -0.39 is 24.3 Å². The monoisotopic (exact) mass is 733 g/mol. The van der Waals surface area contributed by atoms with E-state index in [1.54, 1.807) is 0 Å². The second kappa shape index (κ2) is 16.6. The number of hydrogen-bond acceptors (Lipinski definition) is 10. The highest BCUT2D eigenvalue weighted by Gasteiger charge is 2.40. The van der Waals surface area contributed by atoms with Crippen molar-refractivity contribution >= 4 is 29.7 Å². The zero-order chi connectivity index (χ0) is 36.7. The number of benzene rings is 4. The first kappa shape index (κ1) is 36.0. The first-order valence-electron chi connectivity index (χ1n) is 17.3. The molecule has 2 aliphatic rings. The summed E-state index contributed by atoms with van der Waals surface area (Å²) in [5.74, 6) is -0.209. The molecule has 0 aliphatic carbocycles. The molecule has 272 valence electrons. The largest absolute Gasteiger partial charge is 0.445 e. The molecule has 5 atom stereocenters. The van der Waals surface area contributed by atoms with Crippen molar-refractivity contribution in [1.29, 1.82) is 0 Å². The van der Waals surface area contributed by atoms with E-state index in [0.717, 1.165) is 38.9 Å². The molecule has 0 spiro atoms. The molecule has 5 unspecified atom stereocenters. The zero-order valence-electron chi connectivity index (χ0n) is 29.0. The van der Waals surface area contributed by atoms with Gasteiger partial charge in [0.05, 0.1) is 31.8 Å². The van der Waals surface area contributed by atoms with E-state index in [1.807, 2.05) is 103 Å². The Kier molecular flexibility index (Phi) is 11.3. The number of amides is 3. The van der Waals surface area contributed by atoms with Gasteiger partial charge in [-0.2, -0.15) is 5.10 Å². The molecule has 12 nitrogen and oxygen atoms in total. The van der Waals surface area contributed by atoms with E-state index in [1.165, 1.54) is 23.0 Å². The Morgan fingerprint density at radius 1 is 0.925 bits per heavy atom. The van der Waals surface area contributed by atoms with Crippen LogP contribution in [0.15, 0.2) is 115 Å². The maximum atomic E-state index is 13.2. The van der Waals surface area contributed by atoms with Gasteiger partial charge in [0.15, 0.2) is 11.4 Å². The molecule has 7 rings (SSSR count). The van der Waals surface area contributed by atoms with Crippen molar-refractivity contribution in [3.63, 3.8) is 0 Å². The van der Waals surface area contributed by atoms with Gasteiger partial charge in [-0.05, 0) is 45.5 Å². The number of ether oxygens (including phenoxy) is 3. The van der Waals surface area contributed by atoms with Gasteiger partial charge in [0.2, 0.25) is 5.91 Å². The van der Waals surface area contributed by atoms with Crippen molar-refractivity contribution in [2.75, 3.05) is 5.75 Å². The molecule has 0 bridgehead atoms. The smallest absolute Gasteiger partial charge is 0.408 e. The molecule has 13 heteroatoms. The number of hydrogen-bond donors (Lipinski definition) is 3. The first-order valence-corrected chi connectivity index (χ1v) is 18.3. The summed E-state index contributed by atoms with van der Waals surface area (Å²) >= 11 is 1.54. The molecule has 2 aliphatic heterocycles. The third-order valence-electron chi connectivity index (χ3n) is 9.41. The Hall–Kier alpha value is -5.34. The number of aromatic nitrogens is 3. The van der Waals surface area contributed by atoms with E-state index in [0.29, 0.717) is 10.9 Å². The van der Waals surface area contributed by atoms with Crippen molar-refractivity contribution in [3.8, 4) is 11.1 Å². The van der Waals surface area contributed by atoms with Gasteiger partial charge in [-0.3, -0.25) is 19.6 Å². The number of nitrogens with zero attached hydrogens (tertiary/aromatic N) is 3. The Bertz CT molecular complexity index is 2030. The van der Waals surface area contributed by atoms with Crippen molar-refractivity contribution in [2.24, 2.45) is 5.92 Å². The van der Waals surface area contributed by atoms with Gasteiger partial charge in [0, 0.05) is 17.2 Å². The summed E-state index contributed by atoms with van der Waals surface area (Å²) in [6.07, 6.45) is -0.527. The van der Waals surface area contributed by atoms with E-state index >= 15 is 0 Å². The van der Waals surface area contributed by atoms with E-state index in [9.17, 15) is 19.5 Å². The van der Waals surface area contributed by atoms with Gasteiger partial charge in [-0.15, -0.1) is 0 Å². The van der Waals surface area contributed by atoms with Crippen LogP contribution in [0.3, 0.4) is 0 Å². The molecule has 2 saturated heterocycles. The quantitative estimate of drug-likeness (QED) is 0.101. The Morgan fingerprint density at radius 2 is 1.68 bits per heavy atom.